The third-order valence-electron chi connectivity index (χ3n) is 2.41. The van der Waals surface area contributed by atoms with Crippen molar-refractivity contribution in [1.82, 2.24) is 4.90 Å². The first-order valence-electron chi connectivity index (χ1n) is 5.85. The lowest BCUT2D eigenvalue weighted by Crippen LogP contribution is -2.36. The Balaban J connectivity index is 2.51. The van der Waals surface area contributed by atoms with Crippen LogP contribution in [0.1, 0.15) is 12.0 Å². The van der Waals surface area contributed by atoms with E-state index < -0.39 is 30.9 Å². The minimum absolute atomic E-state index is 0.00229. The molecule has 0 saturated heterocycles. The highest BCUT2D eigenvalue weighted by Gasteiger charge is 2.15. The number of carboxylic acids is 2. The van der Waals surface area contributed by atoms with Crippen molar-refractivity contribution in [3.63, 3.8) is 0 Å². The zero-order chi connectivity index (χ0) is 15.8. The van der Waals surface area contributed by atoms with Gasteiger partial charge in [0.15, 0.2) is 0 Å². The summed E-state index contributed by atoms with van der Waals surface area (Å²) in [5.41, 5.74) is 0.348. The molecular formula is C12H13N3O5S. The molecule has 0 saturated carbocycles. The highest BCUT2D eigenvalue weighted by molar-refractivity contribution is 7.14. The first-order valence-corrected chi connectivity index (χ1v) is 6.73. The van der Waals surface area contributed by atoms with Gasteiger partial charge in [0.2, 0.25) is 5.91 Å². The highest BCUT2D eigenvalue weighted by Crippen LogP contribution is 2.22. The second-order valence-electron chi connectivity index (χ2n) is 4.07. The molecule has 0 spiro atoms. The van der Waals surface area contributed by atoms with Crippen molar-refractivity contribution in [2.75, 3.05) is 25.0 Å². The molecule has 0 aliphatic rings. The Hall–Kier alpha value is -2.44. The summed E-state index contributed by atoms with van der Waals surface area (Å²) in [5.74, 6) is -2.74. The molecule has 0 fully saturated rings. The number of aliphatic carboxylic acids is 2. The summed E-state index contributed by atoms with van der Waals surface area (Å²) in [6, 6.07) is 3.50. The SMILES string of the molecule is N#Cc1ccsc1NC(=O)CCN(CC(=O)O)CC(=O)O. The van der Waals surface area contributed by atoms with Gasteiger partial charge in [-0.15, -0.1) is 11.3 Å². The second-order valence-corrected chi connectivity index (χ2v) is 4.99. The van der Waals surface area contributed by atoms with Crippen molar-refractivity contribution in [3.05, 3.63) is 17.0 Å². The van der Waals surface area contributed by atoms with Crippen molar-refractivity contribution in [1.29, 1.82) is 5.26 Å². The minimum Gasteiger partial charge on any atom is -0.480 e. The number of carbonyl (C=O) groups excluding carboxylic acids is 1. The van der Waals surface area contributed by atoms with Crippen LogP contribution in [0.3, 0.4) is 0 Å². The van der Waals surface area contributed by atoms with E-state index in [0.29, 0.717) is 10.6 Å². The summed E-state index contributed by atoms with van der Waals surface area (Å²) in [6.45, 7) is -0.915. The molecule has 0 aliphatic heterocycles. The van der Waals surface area contributed by atoms with E-state index >= 15 is 0 Å². The van der Waals surface area contributed by atoms with E-state index in [-0.39, 0.29) is 13.0 Å². The number of anilines is 1. The van der Waals surface area contributed by atoms with Crippen molar-refractivity contribution < 1.29 is 24.6 Å². The minimum atomic E-state index is -1.17. The van der Waals surface area contributed by atoms with E-state index in [9.17, 15) is 14.4 Å². The number of thiophene rings is 1. The van der Waals surface area contributed by atoms with Crippen LogP contribution in [-0.4, -0.2) is 52.6 Å². The van der Waals surface area contributed by atoms with E-state index in [0.717, 1.165) is 4.90 Å². The van der Waals surface area contributed by atoms with Gasteiger partial charge in [0.1, 0.15) is 11.1 Å². The number of carboxylic acid groups (broad SMARTS) is 2. The Morgan fingerprint density at radius 3 is 2.43 bits per heavy atom. The fraction of sp³-hybridized carbons (Fsp3) is 0.333. The first kappa shape index (κ1) is 16.6. The molecule has 9 heteroatoms. The lowest BCUT2D eigenvalue weighted by atomic mass is 10.3. The molecule has 21 heavy (non-hydrogen) atoms. The van der Waals surface area contributed by atoms with Crippen LogP contribution in [0.25, 0.3) is 0 Å². The van der Waals surface area contributed by atoms with Crippen LogP contribution in [0.2, 0.25) is 0 Å². The molecule has 0 aliphatic carbocycles. The van der Waals surface area contributed by atoms with E-state index in [2.05, 4.69) is 5.32 Å². The van der Waals surface area contributed by atoms with Crippen molar-refractivity contribution in [2.45, 2.75) is 6.42 Å². The third-order valence-corrected chi connectivity index (χ3v) is 3.24. The first-order chi connectivity index (χ1) is 9.92. The number of nitrogens with zero attached hydrogens (tertiary/aromatic N) is 2. The maximum atomic E-state index is 11.7. The average molecular weight is 311 g/mol. The Morgan fingerprint density at radius 1 is 1.29 bits per heavy atom. The van der Waals surface area contributed by atoms with Gasteiger partial charge in [-0.2, -0.15) is 5.26 Å². The number of rotatable bonds is 8. The number of hydrogen-bond donors (Lipinski definition) is 3. The van der Waals surface area contributed by atoms with Gasteiger partial charge in [0.05, 0.1) is 18.7 Å². The van der Waals surface area contributed by atoms with Gasteiger partial charge in [-0.25, -0.2) is 0 Å². The number of amides is 1. The van der Waals surface area contributed by atoms with Crippen LogP contribution in [0.5, 0.6) is 0 Å². The van der Waals surface area contributed by atoms with Gasteiger partial charge in [-0.3, -0.25) is 19.3 Å². The molecule has 3 N–H and O–H groups in total. The summed E-state index contributed by atoms with van der Waals surface area (Å²) in [5, 5.41) is 30.8. The number of hydrogen-bond acceptors (Lipinski definition) is 6. The molecule has 0 unspecified atom stereocenters. The fourth-order valence-electron chi connectivity index (χ4n) is 1.54. The topological polar surface area (TPSA) is 131 Å². The quantitative estimate of drug-likeness (QED) is 0.634. The van der Waals surface area contributed by atoms with Crippen LogP contribution in [0.4, 0.5) is 5.00 Å². The zero-order valence-electron chi connectivity index (χ0n) is 10.9. The number of nitriles is 1. The smallest absolute Gasteiger partial charge is 0.317 e. The summed E-state index contributed by atoms with van der Waals surface area (Å²) >= 11 is 1.20. The fourth-order valence-corrected chi connectivity index (χ4v) is 2.29. The summed E-state index contributed by atoms with van der Waals surface area (Å²) in [6.07, 6.45) is -0.0661. The maximum absolute atomic E-state index is 11.7. The molecule has 0 radical (unpaired) electrons. The average Bonchev–Trinajstić information content (AvgIpc) is 2.81. The molecule has 1 aromatic rings. The van der Waals surface area contributed by atoms with Gasteiger partial charge in [0.25, 0.3) is 0 Å². The van der Waals surface area contributed by atoms with Crippen molar-refractivity contribution >= 4 is 34.2 Å². The Morgan fingerprint density at radius 2 is 1.90 bits per heavy atom. The summed E-state index contributed by atoms with van der Waals surface area (Å²) in [4.78, 5) is 34.1. The largest absolute Gasteiger partial charge is 0.480 e. The zero-order valence-corrected chi connectivity index (χ0v) is 11.7. The standard InChI is InChI=1S/C12H13N3O5S/c13-5-8-2-4-21-12(8)14-9(16)1-3-15(6-10(17)18)7-11(19)20/h2,4H,1,3,6-7H2,(H,14,16)(H,17,18)(H,19,20). The second kappa shape index (κ2) is 7.98. The molecule has 1 aromatic heterocycles. The van der Waals surface area contributed by atoms with E-state index in [1.807, 2.05) is 6.07 Å². The third kappa shape index (κ3) is 6.03. The van der Waals surface area contributed by atoms with Crippen LogP contribution < -0.4 is 5.32 Å². The Labute approximate surface area is 124 Å². The van der Waals surface area contributed by atoms with Crippen LogP contribution in [0.15, 0.2) is 11.4 Å². The molecular weight excluding hydrogens is 298 g/mol. The number of carbonyl (C=O) groups is 3. The Bertz CT molecular complexity index is 562. The lowest BCUT2D eigenvalue weighted by Gasteiger charge is -2.17. The number of nitrogens with one attached hydrogen (secondary N) is 1. The van der Waals surface area contributed by atoms with Gasteiger partial charge in [0, 0.05) is 13.0 Å². The van der Waals surface area contributed by atoms with E-state index in [1.54, 1.807) is 11.4 Å². The lowest BCUT2D eigenvalue weighted by molar-refractivity contribution is -0.142. The molecule has 1 rings (SSSR count). The maximum Gasteiger partial charge on any atom is 0.317 e. The normalized spacial score (nSPS) is 10.1. The molecule has 0 bridgehead atoms. The van der Waals surface area contributed by atoms with E-state index in [1.165, 1.54) is 11.3 Å². The van der Waals surface area contributed by atoms with Crippen molar-refractivity contribution in [2.24, 2.45) is 0 Å². The monoisotopic (exact) mass is 311 g/mol. The highest BCUT2D eigenvalue weighted by atomic mass is 32.1. The van der Waals surface area contributed by atoms with Gasteiger partial charge >= 0.3 is 11.9 Å². The predicted octanol–water partition coefficient (Wildman–Crippen LogP) is 0.420. The predicted molar refractivity (Wildman–Crippen MR) is 74.0 cm³/mol. The molecule has 1 amide bonds. The van der Waals surface area contributed by atoms with Gasteiger partial charge in [-0.05, 0) is 11.4 Å². The molecule has 0 aromatic carbocycles. The van der Waals surface area contributed by atoms with Crippen LogP contribution >= 0.6 is 11.3 Å². The van der Waals surface area contributed by atoms with Crippen LogP contribution in [-0.2, 0) is 14.4 Å². The Kier molecular flexibility index (Phi) is 6.32. The van der Waals surface area contributed by atoms with Gasteiger partial charge in [-0.1, -0.05) is 0 Å². The van der Waals surface area contributed by atoms with E-state index in [4.69, 9.17) is 15.5 Å². The molecule has 1 heterocycles. The molecule has 0 atom stereocenters. The van der Waals surface area contributed by atoms with Gasteiger partial charge < -0.3 is 15.5 Å². The summed E-state index contributed by atoms with van der Waals surface area (Å²) < 4.78 is 0. The molecule has 8 nitrogen and oxygen atoms in total. The molecule has 112 valence electrons. The van der Waals surface area contributed by atoms with Crippen LogP contribution in [0, 0.1) is 11.3 Å². The summed E-state index contributed by atoms with van der Waals surface area (Å²) in [7, 11) is 0. The van der Waals surface area contributed by atoms with Crippen molar-refractivity contribution in [3.8, 4) is 6.07 Å².